The highest BCUT2D eigenvalue weighted by atomic mass is 35.5. The summed E-state index contributed by atoms with van der Waals surface area (Å²) in [6, 6.07) is 4.98. The summed E-state index contributed by atoms with van der Waals surface area (Å²) in [5.41, 5.74) is 5.82. The molecule has 2 N–H and O–H groups in total. The number of anilines is 1. The Balaban J connectivity index is 2.25. The molecule has 0 bridgehead atoms. The van der Waals surface area contributed by atoms with Crippen LogP contribution in [-0.4, -0.2) is 11.5 Å². The van der Waals surface area contributed by atoms with Gasteiger partial charge in [0.05, 0.1) is 0 Å². The van der Waals surface area contributed by atoms with Crippen molar-refractivity contribution in [2.75, 3.05) is 5.73 Å². The van der Waals surface area contributed by atoms with Crippen LogP contribution in [0.15, 0.2) is 28.8 Å². The fraction of sp³-hybridized carbons (Fsp3) is 0.100. The van der Waals surface area contributed by atoms with Crippen molar-refractivity contribution in [1.82, 2.24) is 5.16 Å². The molecule has 1 aromatic heterocycles. The first-order valence-corrected chi connectivity index (χ1v) is 5.01. The average molecular weight is 279 g/mol. The monoisotopic (exact) mass is 278 g/mol. The van der Waals surface area contributed by atoms with Gasteiger partial charge >= 0.3 is 6.36 Å². The number of rotatable bonds is 2. The van der Waals surface area contributed by atoms with Crippen molar-refractivity contribution < 1.29 is 22.4 Å². The van der Waals surface area contributed by atoms with E-state index in [2.05, 4.69) is 9.89 Å². The predicted octanol–water partition coefficient (Wildman–Crippen LogP) is 3.48. The molecule has 2 rings (SSSR count). The molecule has 8 heteroatoms. The van der Waals surface area contributed by atoms with Gasteiger partial charge in [0.25, 0.3) is 0 Å². The zero-order valence-corrected chi connectivity index (χ0v) is 9.42. The second-order valence-corrected chi connectivity index (χ2v) is 3.66. The van der Waals surface area contributed by atoms with Gasteiger partial charge in [0.15, 0.2) is 11.6 Å². The summed E-state index contributed by atoms with van der Waals surface area (Å²) < 4.78 is 44.4. The van der Waals surface area contributed by atoms with Crippen LogP contribution in [0.1, 0.15) is 0 Å². The number of hydrogen-bond acceptors (Lipinski definition) is 4. The Morgan fingerprint density at radius 1 is 1.22 bits per heavy atom. The van der Waals surface area contributed by atoms with Crippen LogP contribution in [0.2, 0.25) is 5.02 Å². The number of benzene rings is 1. The van der Waals surface area contributed by atoms with Gasteiger partial charge in [-0.2, -0.15) is 0 Å². The number of nitrogen functional groups attached to an aromatic ring is 1. The average Bonchev–Trinajstić information content (AvgIpc) is 2.59. The summed E-state index contributed by atoms with van der Waals surface area (Å²) >= 11 is 5.80. The lowest BCUT2D eigenvalue weighted by molar-refractivity contribution is -0.274. The van der Waals surface area contributed by atoms with Crippen LogP contribution in [0.3, 0.4) is 0 Å². The topological polar surface area (TPSA) is 61.3 Å². The number of alkyl halides is 3. The molecule has 0 aliphatic heterocycles. The smallest absolute Gasteiger partial charge is 0.406 e. The van der Waals surface area contributed by atoms with Crippen LogP contribution < -0.4 is 10.5 Å². The summed E-state index contributed by atoms with van der Waals surface area (Å²) in [5, 5.41) is 3.54. The molecule has 0 unspecified atom stereocenters. The zero-order chi connectivity index (χ0) is 13.3. The lowest BCUT2D eigenvalue weighted by Gasteiger charge is -2.08. The minimum atomic E-state index is -4.73. The summed E-state index contributed by atoms with van der Waals surface area (Å²) in [6.07, 6.45) is -4.73. The molecule has 0 radical (unpaired) electrons. The molecular formula is C10H6ClF3N2O2. The maximum atomic E-state index is 11.9. The molecule has 2 aromatic rings. The first-order valence-electron chi connectivity index (χ1n) is 4.63. The number of halogens is 4. The molecule has 1 aromatic carbocycles. The first-order chi connectivity index (χ1) is 8.37. The molecule has 0 fully saturated rings. The molecule has 0 spiro atoms. The van der Waals surface area contributed by atoms with Crippen LogP contribution in [0.4, 0.5) is 19.0 Å². The van der Waals surface area contributed by atoms with E-state index in [1.807, 2.05) is 0 Å². The molecule has 18 heavy (non-hydrogen) atoms. The standard InChI is InChI=1S/C10H6ClF3N2O2/c11-7-8(18-16-9(7)15)5-1-3-6(4-2-5)17-10(12,13)14/h1-4H,(H2,15,16). The zero-order valence-electron chi connectivity index (χ0n) is 8.66. The Morgan fingerprint density at radius 3 is 2.28 bits per heavy atom. The van der Waals surface area contributed by atoms with Crippen LogP contribution in [0.5, 0.6) is 5.75 Å². The Kier molecular flexibility index (Phi) is 3.08. The largest absolute Gasteiger partial charge is 0.573 e. The van der Waals surface area contributed by atoms with Crippen LogP contribution in [0.25, 0.3) is 11.3 Å². The van der Waals surface area contributed by atoms with Crippen molar-refractivity contribution in [3.8, 4) is 17.1 Å². The lowest BCUT2D eigenvalue weighted by atomic mass is 10.1. The molecule has 96 valence electrons. The van der Waals surface area contributed by atoms with E-state index in [4.69, 9.17) is 21.9 Å². The molecule has 1 heterocycles. The van der Waals surface area contributed by atoms with E-state index in [0.29, 0.717) is 5.56 Å². The fourth-order valence-corrected chi connectivity index (χ4v) is 1.46. The van der Waals surface area contributed by atoms with Crippen molar-refractivity contribution in [3.63, 3.8) is 0 Å². The van der Waals surface area contributed by atoms with Crippen molar-refractivity contribution in [1.29, 1.82) is 0 Å². The van der Waals surface area contributed by atoms with E-state index in [1.54, 1.807) is 0 Å². The quantitative estimate of drug-likeness (QED) is 0.913. The van der Waals surface area contributed by atoms with Gasteiger partial charge in [-0.1, -0.05) is 16.8 Å². The van der Waals surface area contributed by atoms with Crippen molar-refractivity contribution in [2.24, 2.45) is 0 Å². The van der Waals surface area contributed by atoms with E-state index in [0.717, 1.165) is 12.1 Å². The van der Waals surface area contributed by atoms with Crippen molar-refractivity contribution in [3.05, 3.63) is 29.3 Å². The van der Waals surface area contributed by atoms with E-state index in [1.165, 1.54) is 12.1 Å². The molecule has 4 nitrogen and oxygen atoms in total. The maximum Gasteiger partial charge on any atom is 0.573 e. The number of nitrogens with two attached hydrogens (primary N) is 1. The van der Waals surface area contributed by atoms with Gasteiger partial charge in [0.2, 0.25) is 0 Å². The van der Waals surface area contributed by atoms with Gasteiger partial charge < -0.3 is 15.0 Å². The third-order valence-corrected chi connectivity index (χ3v) is 2.37. The molecular weight excluding hydrogens is 273 g/mol. The van der Waals surface area contributed by atoms with Crippen LogP contribution in [-0.2, 0) is 0 Å². The van der Waals surface area contributed by atoms with E-state index in [9.17, 15) is 13.2 Å². The minimum absolute atomic E-state index is 0.0160. The second-order valence-electron chi connectivity index (χ2n) is 3.28. The fourth-order valence-electron chi connectivity index (χ4n) is 1.28. The van der Waals surface area contributed by atoms with Gasteiger partial charge in [0.1, 0.15) is 10.8 Å². The molecule has 0 aliphatic rings. The van der Waals surface area contributed by atoms with Gasteiger partial charge in [0, 0.05) is 5.56 Å². The van der Waals surface area contributed by atoms with Gasteiger partial charge in [-0.3, -0.25) is 0 Å². The van der Waals surface area contributed by atoms with E-state index in [-0.39, 0.29) is 22.4 Å². The molecule has 0 aliphatic carbocycles. The van der Waals surface area contributed by atoms with Gasteiger partial charge in [-0.25, -0.2) is 0 Å². The summed E-state index contributed by atoms with van der Waals surface area (Å²) in [6.45, 7) is 0. The Bertz CT molecular complexity index is 551. The van der Waals surface area contributed by atoms with Crippen molar-refractivity contribution in [2.45, 2.75) is 6.36 Å². The van der Waals surface area contributed by atoms with Crippen LogP contribution >= 0.6 is 11.6 Å². The molecule has 0 amide bonds. The SMILES string of the molecule is Nc1noc(-c2ccc(OC(F)(F)F)cc2)c1Cl. The molecule has 0 atom stereocenters. The lowest BCUT2D eigenvalue weighted by Crippen LogP contribution is -2.16. The van der Waals surface area contributed by atoms with Crippen LogP contribution in [0, 0.1) is 0 Å². The normalized spacial score (nSPS) is 11.6. The number of hydrogen-bond donors (Lipinski definition) is 1. The summed E-state index contributed by atoms with van der Waals surface area (Å²) in [7, 11) is 0. The molecule has 0 saturated heterocycles. The minimum Gasteiger partial charge on any atom is -0.406 e. The highest BCUT2D eigenvalue weighted by molar-refractivity contribution is 6.35. The highest BCUT2D eigenvalue weighted by Crippen LogP contribution is 2.33. The van der Waals surface area contributed by atoms with Gasteiger partial charge in [-0.15, -0.1) is 13.2 Å². The summed E-state index contributed by atoms with van der Waals surface area (Å²) in [4.78, 5) is 0. The predicted molar refractivity (Wildman–Crippen MR) is 58.0 cm³/mol. The number of nitrogens with zero attached hydrogens (tertiary/aromatic N) is 1. The highest BCUT2D eigenvalue weighted by Gasteiger charge is 2.31. The Morgan fingerprint density at radius 2 is 1.83 bits per heavy atom. The van der Waals surface area contributed by atoms with E-state index >= 15 is 0 Å². The first kappa shape index (κ1) is 12.6. The maximum absolute atomic E-state index is 11.9. The van der Waals surface area contributed by atoms with Crippen molar-refractivity contribution >= 4 is 17.4 Å². The third kappa shape index (κ3) is 2.67. The second kappa shape index (κ2) is 4.41. The number of aromatic nitrogens is 1. The van der Waals surface area contributed by atoms with E-state index < -0.39 is 6.36 Å². The third-order valence-electron chi connectivity index (χ3n) is 2.01. The Labute approximate surface area is 104 Å². The number of ether oxygens (including phenoxy) is 1. The Hall–Kier alpha value is -1.89. The van der Waals surface area contributed by atoms with Gasteiger partial charge in [-0.05, 0) is 24.3 Å². The molecule has 0 saturated carbocycles. The summed E-state index contributed by atoms with van der Waals surface area (Å²) in [5.74, 6) is -0.134.